The summed E-state index contributed by atoms with van der Waals surface area (Å²) in [6, 6.07) is 6.37. The van der Waals surface area contributed by atoms with Gasteiger partial charge >= 0.3 is 0 Å². The molecular formula is C19H19N7S. The molecule has 1 aliphatic heterocycles. The van der Waals surface area contributed by atoms with Crippen LogP contribution in [0.25, 0.3) is 26.4 Å². The number of imidazole rings is 1. The van der Waals surface area contributed by atoms with Crippen LogP contribution < -0.4 is 5.32 Å². The Morgan fingerprint density at radius 3 is 2.89 bits per heavy atom. The molecule has 1 N–H and O–H groups in total. The van der Waals surface area contributed by atoms with Crippen LogP contribution in [0.2, 0.25) is 0 Å². The first kappa shape index (κ1) is 16.4. The van der Waals surface area contributed by atoms with E-state index in [9.17, 15) is 0 Å². The number of hydrogen-bond acceptors (Lipinski definition) is 6. The molecule has 136 valence electrons. The van der Waals surface area contributed by atoms with Gasteiger partial charge in [0, 0.05) is 30.1 Å². The lowest BCUT2D eigenvalue weighted by Crippen LogP contribution is -2.26. The van der Waals surface area contributed by atoms with Crippen molar-refractivity contribution < 1.29 is 0 Å². The molecule has 4 aromatic rings. The molecule has 0 saturated carbocycles. The van der Waals surface area contributed by atoms with Crippen molar-refractivity contribution in [3.8, 4) is 16.6 Å². The van der Waals surface area contributed by atoms with Crippen molar-refractivity contribution in [1.29, 1.82) is 5.26 Å². The third-order valence-corrected chi connectivity index (χ3v) is 6.11. The van der Waals surface area contributed by atoms with Crippen molar-refractivity contribution in [3.05, 3.63) is 35.8 Å². The minimum absolute atomic E-state index is 0.337. The summed E-state index contributed by atoms with van der Waals surface area (Å²) in [7, 11) is 1.90. The fourth-order valence-electron chi connectivity index (χ4n) is 3.82. The van der Waals surface area contributed by atoms with E-state index in [0.717, 1.165) is 63.6 Å². The number of nitrogens with one attached hydrogen (secondary N) is 1. The first-order valence-electron chi connectivity index (χ1n) is 9.11. The molecule has 0 atom stereocenters. The maximum atomic E-state index is 9.17. The Hall–Kier alpha value is -2.76. The number of fused-ring (bicyclic) bond motifs is 2. The smallest absolute Gasteiger partial charge is 0.212 e. The van der Waals surface area contributed by atoms with E-state index in [2.05, 4.69) is 28.7 Å². The molecule has 0 radical (unpaired) electrons. The van der Waals surface area contributed by atoms with Gasteiger partial charge in [-0.2, -0.15) is 15.5 Å². The van der Waals surface area contributed by atoms with Gasteiger partial charge in [-0.15, -0.1) is 0 Å². The van der Waals surface area contributed by atoms with Crippen molar-refractivity contribution in [1.82, 2.24) is 29.7 Å². The third-order valence-electron chi connectivity index (χ3n) is 5.14. The maximum absolute atomic E-state index is 9.17. The summed E-state index contributed by atoms with van der Waals surface area (Å²) in [4.78, 5) is 5.75. The quantitative estimate of drug-likeness (QED) is 0.593. The molecule has 3 aromatic heterocycles. The number of nitrogens with zero attached hydrogens (tertiary/aromatic N) is 6. The monoisotopic (exact) mass is 377 g/mol. The van der Waals surface area contributed by atoms with Gasteiger partial charge in [0.1, 0.15) is 5.01 Å². The Labute approximate surface area is 160 Å². The average Bonchev–Trinajstić information content (AvgIpc) is 3.34. The lowest BCUT2D eigenvalue weighted by atomic mass is 9.95. The summed E-state index contributed by atoms with van der Waals surface area (Å²) in [5.41, 5.74) is 3.99. The fourth-order valence-corrected chi connectivity index (χ4v) is 4.69. The van der Waals surface area contributed by atoms with Gasteiger partial charge in [-0.3, -0.25) is 4.68 Å². The Morgan fingerprint density at radius 2 is 2.11 bits per heavy atom. The molecule has 0 aliphatic carbocycles. The highest BCUT2D eigenvalue weighted by Crippen LogP contribution is 2.32. The van der Waals surface area contributed by atoms with Gasteiger partial charge < -0.3 is 5.32 Å². The zero-order valence-corrected chi connectivity index (χ0v) is 15.8. The van der Waals surface area contributed by atoms with Crippen LogP contribution in [-0.4, -0.2) is 37.5 Å². The maximum Gasteiger partial charge on any atom is 0.212 e. The Kier molecular flexibility index (Phi) is 3.92. The zero-order valence-electron chi connectivity index (χ0n) is 15.0. The van der Waals surface area contributed by atoms with E-state index < -0.39 is 0 Å². The van der Waals surface area contributed by atoms with E-state index in [0.29, 0.717) is 12.3 Å². The molecule has 8 heteroatoms. The normalized spacial score (nSPS) is 15.6. The van der Waals surface area contributed by atoms with E-state index in [-0.39, 0.29) is 0 Å². The molecule has 0 amide bonds. The van der Waals surface area contributed by atoms with Crippen molar-refractivity contribution >= 4 is 27.2 Å². The van der Waals surface area contributed by atoms with E-state index in [1.807, 2.05) is 23.8 Å². The molecule has 1 aliphatic rings. The lowest BCUT2D eigenvalue weighted by molar-refractivity contribution is 0.454. The first-order valence-corrected chi connectivity index (χ1v) is 9.93. The molecule has 0 spiro atoms. The molecule has 27 heavy (non-hydrogen) atoms. The van der Waals surface area contributed by atoms with E-state index >= 15 is 0 Å². The standard InChI is InChI=1S/C19H19N7S/c1-25-10-15-9-14(8-13(2-5-20)17(15)23-25)18-24-26-11-16(22-19(26)27-18)12-3-6-21-7-4-12/h8-12,21H,2-4,6-7H2,1H3. The Bertz CT molecular complexity index is 1140. The molecule has 0 unspecified atom stereocenters. The van der Waals surface area contributed by atoms with Crippen molar-refractivity contribution in [2.75, 3.05) is 13.1 Å². The topological polar surface area (TPSA) is 83.8 Å². The zero-order chi connectivity index (χ0) is 18.4. The van der Waals surface area contributed by atoms with Crippen LogP contribution in [0.4, 0.5) is 0 Å². The highest BCUT2D eigenvalue weighted by molar-refractivity contribution is 7.19. The van der Waals surface area contributed by atoms with E-state index in [4.69, 9.17) is 15.3 Å². The van der Waals surface area contributed by atoms with Crippen LogP contribution in [0.5, 0.6) is 0 Å². The minimum Gasteiger partial charge on any atom is -0.317 e. The van der Waals surface area contributed by atoms with Crippen molar-refractivity contribution in [3.63, 3.8) is 0 Å². The number of nitriles is 1. The first-order chi connectivity index (χ1) is 13.2. The largest absolute Gasteiger partial charge is 0.317 e. The molecule has 7 nitrogen and oxygen atoms in total. The predicted octanol–water partition coefficient (Wildman–Crippen LogP) is 2.88. The van der Waals surface area contributed by atoms with Crippen LogP contribution in [-0.2, 0) is 13.5 Å². The molecule has 1 aromatic carbocycles. The van der Waals surface area contributed by atoms with Gasteiger partial charge in [0.2, 0.25) is 4.96 Å². The summed E-state index contributed by atoms with van der Waals surface area (Å²) >= 11 is 1.59. The highest BCUT2D eigenvalue weighted by atomic mass is 32.1. The van der Waals surface area contributed by atoms with Crippen molar-refractivity contribution in [2.24, 2.45) is 7.05 Å². The van der Waals surface area contributed by atoms with E-state index in [1.165, 1.54) is 0 Å². The summed E-state index contributed by atoms with van der Waals surface area (Å²) in [5, 5.41) is 23.8. The number of hydrogen-bond donors (Lipinski definition) is 1. The van der Waals surface area contributed by atoms with Crippen LogP contribution in [0.1, 0.15) is 30.0 Å². The molecule has 4 heterocycles. The second-order valence-corrected chi connectivity index (χ2v) is 7.99. The number of piperidine rings is 1. The molecular weight excluding hydrogens is 358 g/mol. The number of benzene rings is 1. The van der Waals surface area contributed by atoms with Gasteiger partial charge in [-0.25, -0.2) is 9.50 Å². The van der Waals surface area contributed by atoms with Gasteiger partial charge in [0.15, 0.2) is 0 Å². The third kappa shape index (κ3) is 2.89. The fraction of sp³-hybridized carbons (Fsp3) is 0.368. The van der Waals surface area contributed by atoms with Gasteiger partial charge in [0.25, 0.3) is 0 Å². The van der Waals surface area contributed by atoms with Crippen LogP contribution in [0, 0.1) is 11.3 Å². The van der Waals surface area contributed by atoms with Gasteiger partial charge in [-0.1, -0.05) is 11.3 Å². The molecule has 0 bridgehead atoms. The Balaban J connectivity index is 1.55. The summed E-state index contributed by atoms with van der Waals surface area (Å²) < 4.78 is 3.68. The molecule has 1 saturated heterocycles. The average molecular weight is 377 g/mol. The minimum atomic E-state index is 0.337. The predicted molar refractivity (Wildman–Crippen MR) is 105 cm³/mol. The molecule has 5 rings (SSSR count). The number of aromatic nitrogens is 5. The van der Waals surface area contributed by atoms with Crippen LogP contribution >= 0.6 is 11.3 Å². The number of aryl methyl sites for hydroxylation is 1. The van der Waals surface area contributed by atoms with Gasteiger partial charge in [0.05, 0.1) is 29.9 Å². The summed E-state index contributed by atoms with van der Waals surface area (Å²) in [6.45, 7) is 2.11. The number of rotatable bonds is 3. The van der Waals surface area contributed by atoms with Crippen LogP contribution in [0.3, 0.4) is 0 Å². The summed E-state index contributed by atoms with van der Waals surface area (Å²) in [5.74, 6) is 0.526. The second-order valence-electron chi connectivity index (χ2n) is 7.04. The highest BCUT2D eigenvalue weighted by Gasteiger charge is 2.20. The van der Waals surface area contributed by atoms with E-state index in [1.54, 1.807) is 16.0 Å². The molecule has 1 fully saturated rings. The Morgan fingerprint density at radius 1 is 1.26 bits per heavy atom. The SMILES string of the molecule is Cn1cc2cc(-c3nn4cc(C5CCNCC5)nc4s3)cc(CC#N)c2n1. The van der Waals surface area contributed by atoms with Crippen molar-refractivity contribution in [2.45, 2.75) is 25.2 Å². The van der Waals surface area contributed by atoms with Gasteiger partial charge in [-0.05, 0) is 43.6 Å². The lowest BCUT2D eigenvalue weighted by Gasteiger charge is -2.20. The second kappa shape index (κ2) is 6.44. The van der Waals surface area contributed by atoms with Crippen LogP contribution in [0.15, 0.2) is 24.5 Å². The summed E-state index contributed by atoms with van der Waals surface area (Å²) in [6.07, 6.45) is 6.65.